The third-order valence-corrected chi connectivity index (χ3v) is 4.34. The van der Waals surface area contributed by atoms with Crippen LogP contribution >= 0.6 is 0 Å². The van der Waals surface area contributed by atoms with Gasteiger partial charge in [0.1, 0.15) is 0 Å². The van der Waals surface area contributed by atoms with Crippen LogP contribution in [0.15, 0.2) is 24.3 Å². The molecule has 0 bridgehead atoms. The first-order chi connectivity index (χ1) is 7.48. The molecule has 1 aliphatic heterocycles. The van der Waals surface area contributed by atoms with Crippen LogP contribution in [0.1, 0.15) is 0 Å². The number of benzene rings is 1. The average Bonchev–Trinajstić information content (AvgIpc) is 2.44. The van der Waals surface area contributed by atoms with E-state index >= 15 is 0 Å². The fraction of sp³-hybridized carbons (Fsp3) is 0.400. The fourth-order valence-corrected chi connectivity index (χ4v) is 3.54. The van der Waals surface area contributed by atoms with E-state index in [4.69, 9.17) is 5.73 Å². The van der Waals surface area contributed by atoms with Gasteiger partial charge >= 0.3 is 0 Å². The van der Waals surface area contributed by atoms with Crippen LogP contribution in [0.2, 0.25) is 0 Å². The third kappa shape index (κ3) is 2.28. The molecule has 1 fully saturated rings. The van der Waals surface area contributed by atoms with Gasteiger partial charge in [0.05, 0.1) is 35.0 Å². The summed E-state index contributed by atoms with van der Waals surface area (Å²) < 4.78 is 22.6. The second kappa shape index (κ2) is 3.95. The van der Waals surface area contributed by atoms with Crippen molar-refractivity contribution >= 4 is 21.2 Å². The van der Waals surface area contributed by atoms with Gasteiger partial charge in [-0.3, -0.25) is 0 Å². The summed E-state index contributed by atoms with van der Waals surface area (Å²) in [6.07, 6.45) is -0.871. The van der Waals surface area contributed by atoms with Gasteiger partial charge in [-0.05, 0) is 12.1 Å². The van der Waals surface area contributed by atoms with Crippen LogP contribution in [-0.2, 0) is 9.84 Å². The molecule has 0 saturated carbocycles. The van der Waals surface area contributed by atoms with Crippen LogP contribution in [0.4, 0.5) is 11.4 Å². The Morgan fingerprint density at radius 2 is 2.00 bits per heavy atom. The molecule has 0 spiro atoms. The molecule has 1 aliphatic rings. The van der Waals surface area contributed by atoms with E-state index in [1.807, 2.05) is 0 Å². The monoisotopic (exact) mass is 242 g/mol. The Morgan fingerprint density at radius 3 is 2.56 bits per heavy atom. The van der Waals surface area contributed by atoms with Gasteiger partial charge in [0.25, 0.3) is 0 Å². The van der Waals surface area contributed by atoms with E-state index in [9.17, 15) is 13.5 Å². The molecule has 1 heterocycles. The molecular weight excluding hydrogens is 228 g/mol. The van der Waals surface area contributed by atoms with E-state index in [2.05, 4.69) is 5.32 Å². The molecular formula is C10H14N2O3S. The normalized spacial score (nSPS) is 27.8. The maximum atomic E-state index is 11.3. The number of anilines is 2. The molecule has 0 amide bonds. The Labute approximate surface area is 94.2 Å². The minimum Gasteiger partial charge on any atom is -0.397 e. The van der Waals surface area contributed by atoms with Crippen molar-refractivity contribution in [3.8, 4) is 0 Å². The van der Waals surface area contributed by atoms with E-state index in [-0.39, 0.29) is 11.5 Å². The van der Waals surface area contributed by atoms with E-state index in [0.717, 1.165) is 0 Å². The van der Waals surface area contributed by atoms with E-state index < -0.39 is 22.0 Å². The summed E-state index contributed by atoms with van der Waals surface area (Å²) >= 11 is 0. The lowest BCUT2D eigenvalue weighted by Gasteiger charge is -2.17. The first-order valence-electron chi connectivity index (χ1n) is 4.97. The van der Waals surface area contributed by atoms with Gasteiger partial charge in [0, 0.05) is 0 Å². The third-order valence-electron chi connectivity index (χ3n) is 2.62. The van der Waals surface area contributed by atoms with Crippen LogP contribution in [-0.4, -0.2) is 37.2 Å². The summed E-state index contributed by atoms with van der Waals surface area (Å²) in [7, 11) is -3.13. The number of nitrogens with one attached hydrogen (secondary N) is 1. The molecule has 6 heteroatoms. The smallest absolute Gasteiger partial charge is 0.155 e. The standard InChI is InChI=1S/C10H14N2O3S/c11-7-3-1-2-4-8(7)12-9-5-16(14,15)6-10(9)13/h1-4,9-10,12-13H,5-6,11H2/t9-,10+/m1/s1. The minimum absolute atomic E-state index is 0.0531. The molecule has 0 unspecified atom stereocenters. The molecule has 2 rings (SSSR count). The summed E-state index contributed by atoms with van der Waals surface area (Å²) in [5.41, 5.74) is 6.92. The number of aliphatic hydroxyl groups excluding tert-OH is 1. The van der Waals surface area contributed by atoms with Gasteiger partial charge < -0.3 is 16.2 Å². The summed E-state index contributed by atoms with van der Waals surface area (Å²) in [5, 5.41) is 12.6. The van der Waals surface area contributed by atoms with Gasteiger partial charge in [-0.1, -0.05) is 12.1 Å². The lowest BCUT2D eigenvalue weighted by Crippen LogP contribution is -2.32. The van der Waals surface area contributed by atoms with Crippen molar-refractivity contribution in [2.45, 2.75) is 12.1 Å². The van der Waals surface area contributed by atoms with Gasteiger partial charge in [-0.15, -0.1) is 0 Å². The molecule has 16 heavy (non-hydrogen) atoms. The number of hydrogen-bond donors (Lipinski definition) is 3. The van der Waals surface area contributed by atoms with Crippen molar-refractivity contribution < 1.29 is 13.5 Å². The second-order valence-electron chi connectivity index (χ2n) is 3.98. The van der Waals surface area contributed by atoms with Gasteiger partial charge in [-0.2, -0.15) is 0 Å². The minimum atomic E-state index is -3.13. The zero-order valence-electron chi connectivity index (χ0n) is 8.63. The van der Waals surface area contributed by atoms with Gasteiger partial charge in [-0.25, -0.2) is 8.42 Å². The van der Waals surface area contributed by atoms with Crippen LogP contribution in [0.5, 0.6) is 0 Å². The lowest BCUT2D eigenvalue weighted by atomic mass is 10.2. The van der Waals surface area contributed by atoms with Crippen molar-refractivity contribution in [2.24, 2.45) is 0 Å². The maximum absolute atomic E-state index is 11.3. The highest BCUT2D eigenvalue weighted by atomic mass is 32.2. The first kappa shape index (κ1) is 11.2. The second-order valence-corrected chi connectivity index (χ2v) is 6.14. The number of para-hydroxylation sites is 2. The summed E-state index contributed by atoms with van der Waals surface area (Å²) in [5.74, 6) is -0.236. The number of aliphatic hydroxyl groups is 1. The van der Waals surface area contributed by atoms with Crippen molar-refractivity contribution in [3.05, 3.63) is 24.3 Å². The number of hydrogen-bond acceptors (Lipinski definition) is 5. The van der Waals surface area contributed by atoms with Gasteiger partial charge in [0.15, 0.2) is 9.84 Å². The molecule has 0 aromatic heterocycles. The zero-order valence-corrected chi connectivity index (χ0v) is 9.44. The van der Waals surface area contributed by atoms with Crippen molar-refractivity contribution in [1.82, 2.24) is 0 Å². The van der Waals surface area contributed by atoms with E-state index in [0.29, 0.717) is 11.4 Å². The number of rotatable bonds is 2. The van der Waals surface area contributed by atoms with E-state index in [1.165, 1.54) is 0 Å². The van der Waals surface area contributed by atoms with Gasteiger partial charge in [0.2, 0.25) is 0 Å². The summed E-state index contributed by atoms with van der Waals surface area (Å²) in [6, 6.07) is 6.59. The number of sulfone groups is 1. The molecule has 88 valence electrons. The van der Waals surface area contributed by atoms with Crippen LogP contribution in [0, 0.1) is 0 Å². The highest BCUT2D eigenvalue weighted by molar-refractivity contribution is 7.91. The molecule has 1 aromatic carbocycles. The average molecular weight is 242 g/mol. The first-order valence-corrected chi connectivity index (χ1v) is 6.79. The fourth-order valence-electron chi connectivity index (χ4n) is 1.80. The molecule has 2 atom stereocenters. The quantitative estimate of drug-likeness (QED) is 0.627. The largest absolute Gasteiger partial charge is 0.397 e. The molecule has 0 radical (unpaired) electrons. The highest BCUT2D eigenvalue weighted by Crippen LogP contribution is 2.22. The lowest BCUT2D eigenvalue weighted by molar-refractivity contribution is 0.190. The van der Waals surface area contributed by atoms with E-state index in [1.54, 1.807) is 24.3 Å². The Bertz CT molecular complexity index is 487. The van der Waals surface area contributed by atoms with Crippen molar-refractivity contribution in [3.63, 3.8) is 0 Å². The Kier molecular flexibility index (Phi) is 2.77. The highest BCUT2D eigenvalue weighted by Gasteiger charge is 2.36. The maximum Gasteiger partial charge on any atom is 0.155 e. The van der Waals surface area contributed by atoms with Crippen molar-refractivity contribution in [1.29, 1.82) is 0 Å². The molecule has 5 nitrogen and oxygen atoms in total. The summed E-state index contributed by atoms with van der Waals surface area (Å²) in [4.78, 5) is 0. The van der Waals surface area contributed by atoms with Crippen molar-refractivity contribution in [2.75, 3.05) is 22.6 Å². The topological polar surface area (TPSA) is 92.4 Å². The van der Waals surface area contributed by atoms with Crippen LogP contribution in [0.3, 0.4) is 0 Å². The predicted molar refractivity (Wildman–Crippen MR) is 62.9 cm³/mol. The Balaban J connectivity index is 2.15. The SMILES string of the molecule is Nc1ccccc1N[C@@H]1CS(=O)(=O)C[C@@H]1O. The number of nitrogen functional groups attached to an aromatic ring is 1. The molecule has 4 N–H and O–H groups in total. The van der Waals surface area contributed by atoms with Crippen LogP contribution in [0.25, 0.3) is 0 Å². The molecule has 1 saturated heterocycles. The molecule has 0 aliphatic carbocycles. The summed E-state index contributed by atoms with van der Waals surface area (Å²) in [6.45, 7) is 0. The Hall–Kier alpha value is -1.27. The Morgan fingerprint density at radius 1 is 1.31 bits per heavy atom. The zero-order chi connectivity index (χ0) is 11.8. The van der Waals surface area contributed by atoms with Crippen LogP contribution < -0.4 is 11.1 Å². The molecule has 1 aromatic rings. The number of nitrogens with two attached hydrogens (primary N) is 1. The predicted octanol–water partition coefficient (Wildman–Crippen LogP) is -0.161.